The third-order valence-corrected chi connectivity index (χ3v) is 7.44. The van der Waals surface area contributed by atoms with E-state index in [0.29, 0.717) is 9.52 Å². The van der Waals surface area contributed by atoms with Gasteiger partial charge in [0.1, 0.15) is 0 Å². The predicted molar refractivity (Wildman–Crippen MR) is 121 cm³/mol. The van der Waals surface area contributed by atoms with Gasteiger partial charge in [0, 0.05) is 9.52 Å². The summed E-state index contributed by atoms with van der Waals surface area (Å²) in [4.78, 5) is 0. The highest BCUT2D eigenvalue weighted by Gasteiger charge is 2.13. The average molecular weight is 371 g/mol. The molecule has 0 amide bonds. The summed E-state index contributed by atoms with van der Waals surface area (Å²) in [5.41, 5.74) is 0. The lowest BCUT2D eigenvalue weighted by Gasteiger charge is -2.30. The molecule has 152 valence electrons. The highest BCUT2D eigenvalue weighted by molar-refractivity contribution is 6.35. The van der Waals surface area contributed by atoms with Crippen molar-refractivity contribution in [3.63, 3.8) is 0 Å². The maximum atomic E-state index is 2.44. The Labute approximate surface area is 163 Å². The van der Waals surface area contributed by atoms with E-state index in [1.807, 2.05) is 0 Å². The summed E-state index contributed by atoms with van der Waals surface area (Å²) >= 11 is 0. The van der Waals surface area contributed by atoms with Crippen molar-refractivity contribution < 1.29 is 4.48 Å². The maximum Gasteiger partial charge on any atom is 0.0782 e. The minimum absolute atomic E-state index is 0.296. The van der Waals surface area contributed by atoms with Crippen molar-refractivity contribution in [2.45, 2.75) is 122 Å². The molecular weight excluding hydrogens is 318 g/mol. The Balaban J connectivity index is 3.22. The van der Waals surface area contributed by atoms with Gasteiger partial charge in [0.05, 0.1) is 27.2 Å². The zero-order valence-corrected chi connectivity index (χ0v) is 20.0. The summed E-state index contributed by atoms with van der Waals surface area (Å²) in [6.45, 7) is 7.47. The molecule has 0 N–H and O–H groups in total. The lowest BCUT2D eigenvalue weighted by atomic mass is 10.0. The van der Waals surface area contributed by atoms with Crippen LogP contribution in [0.25, 0.3) is 0 Å². The summed E-state index contributed by atoms with van der Waals surface area (Å²) in [7, 11) is 5.18. The highest BCUT2D eigenvalue weighted by Crippen LogP contribution is 2.13. The molecule has 25 heavy (non-hydrogen) atoms. The second kappa shape index (κ2) is 19.0. The number of nitrogens with zero attached hydrogens (tertiary/aromatic N) is 1. The Morgan fingerprint density at radius 1 is 0.520 bits per heavy atom. The minimum atomic E-state index is 0.296. The van der Waals surface area contributed by atoms with E-state index >= 15 is 0 Å². The largest absolute Gasteiger partial charge is 0.328 e. The number of unbranched alkanes of at least 4 members (excludes halogenated alkanes) is 13. The van der Waals surface area contributed by atoms with Crippen LogP contribution in [0.2, 0.25) is 12.1 Å². The minimum Gasteiger partial charge on any atom is -0.328 e. The third-order valence-electron chi connectivity index (χ3n) is 5.73. The van der Waals surface area contributed by atoms with E-state index < -0.39 is 0 Å². The van der Waals surface area contributed by atoms with E-state index in [0.717, 1.165) is 0 Å². The standard InChI is InChI=1S/C23H52NSi/c1-5-7-8-9-10-11-12-13-14-15-16-17-18-19-21-24(3,4)22-20-23-25-6-2/h5-23,25H2,1-4H3/q+1. The van der Waals surface area contributed by atoms with Crippen LogP contribution in [0.5, 0.6) is 0 Å². The molecule has 0 radical (unpaired) electrons. The van der Waals surface area contributed by atoms with E-state index in [1.54, 1.807) is 6.04 Å². The van der Waals surface area contributed by atoms with Crippen molar-refractivity contribution in [1.29, 1.82) is 0 Å². The molecule has 0 aromatic rings. The molecule has 0 spiro atoms. The van der Waals surface area contributed by atoms with Crippen molar-refractivity contribution in [1.82, 2.24) is 0 Å². The van der Waals surface area contributed by atoms with Gasteiger partial charge in [0.25, 0.3) is 0 Å². The monoisotopic (exact) mass is 370 g/mol. The van der Waals surface area contributed by atoms with Gasteiger partial charge in [-0.2, -0.15) is 0 Å². The smallest absolute Gasteiger partial charge is 0.0782 e. The first kappa shape index (κ1) is 25.2. The van der Waals surface area contributed by atoms with Crippen LogP contribution < -0.4 is 0 Å². The van der Waals surface area contributed by atoms with Crippen LogP contribution in [0.4, 0.5) is 0 Å². The molecular formula is C23H52NSi+. The summed E-state index contributed by atoms with van der Waals surface area (Å²) in [6, 6.07) is 3.06. The van der Waals surface area contributed by atoms with Crippen LogP contribution in [0.3, 0.4) is 0 Å². The average Bonchev–Trinajstić information content (AvgIpc) is 2.59. The number of quaternary nitrogens is 1. The number of hydrogen-bond acceptors (Lipinski definition) is 0. The van der Waals surface area contributed by atoms with Crippen LogP contribution in [0, 0.1) is 0 Å². The summed E-state index contributed by atoms with van der Waals surface area (Å²) in [6.07, 6.45) is 22.0. The molecule has 0 aromatic heterocycles. The van der Waals surface area contributed by atoms with Crippen LogP contribution in [0.15, 0.2) is 0 Å². The SMILES string of the molecule is CCCCCCCCCCCCCCCC[N+](C)(C)CCC[SiH2]CC. The maximum absolute atomic E-state index is 2.44. The molecule has 0 unspecified atom stereocenters. The molecule has 0 saturated carbocycles. The highest BCUT2D eigenvalue weighted by atomic mass is 28.2. The zero-order chi connectivity index (χ0) is 18.6. The van der Waals surface area contributed by atoms with Crippen molar-refractivity contribution in [3.8, 4) is 0 Å². The van der Waals surface area contributed by atoms with Crippen LogP contribution in [-0.4, -0.2) is 41.2 Å². The van der Waals surface area contributed by atoms with Gasteiger partial charge in [-0.15, -0.1) is 0 Å². The molecule has 0 fully saturated rings. The molecule has 0 bridgehead atoms. The van der Waals surface area contributed by atoms with Gasteiger partial charge >= 0.3 is 0 Å². The first-order valence-corrected chi connectivity index (χ1v) is 13.9. The van der Waals surface area contributed by atoms with Gasteiger partial charge in [0.2, 0.25) is 0 Å². The Bertz CT molecular complexity index is 252. The normalized spacial score (nSPS) is 12.5. The second-order valence-corrected chi connectivity index (χ2v) is 11.5. The molecule has 0 aliphatic heterocycles. The molecule has 0 aromatic carbocycles. The fraction of sp³-hybridized carbons (Fsp3) is 1.00. The van der Waals surface area contributed by atoms with Crippen LogP contribution in [-0.2, 0) is 0 Å². The van der Waals surface area contributed by atoms with Gasteiger partial charge in [-0.25, -0.2) is 0 Å². The zero-order valence-electron chi connectivity index (χ0n) is 18.6. The molecule has 1 nitrogen and oxygen atoms in total. The first-order chi connectivity index (χ1) is 12.1. The fourth-order valence-corrected chi connectivity index (χ4v) is 4.89. The number of rotatable bonds is 20. The van der Waals surface area contributed by atoms with Gasteiger partial charge in [-0.05, 0) is 19.3 Å². The molecule has 0 atom stereocenters. The summed E-state index contributed by atoms with van der Waals surface area (Å²) < 4.78 is 1.26. The van der Waals surface area contributed by atoms with E-state index in [2.05, 4.69) is 27.9 Å². The lowest BCUT2D eigenvalue weighted by molar-refractivity contribution is -0.890. The predicted octanol–water partition coefficient (Wildman–Crippen LogP) is 6.96. The van der Waals surface area contributed by atoms with E-state index in [1.165, 1.54) is 120 Å². The third kappa shape index (κ3) is 20.3. The van der Waals surface area contributed by atoms with Gasteiger partial charge < -0.3 is 4.48 Å². The van der Waals surface area contributed by atoms with Crippen molar-refractivity contribution in [2.24, 2.45) is 0 Å². The van der Waals surface area contributed by atoms with E-state index in [9.17, 15) is 0 Å². The molecule has 0 heterocycles. The van der Waals surface area contributed by atoms with E-state index in [4.69, 9.17) is 0 Å². The number of hydrogen-bond donors (Lipinski definition) is 0. The summed E-state index contributed by atoms with van der Waals surface area (Å²) in [5, 5.41) is 0. The second-order valence-electron chi connectivity index (χ2n) is 9.04. The Kier molecular flexibility index (Phi) is 19.1. The molecule has 0 aliphatic carbocycles. The van der Waals surface area contributed by atoms with Crippen molar-refractivity contribution >= 4 is 9.52 Å². The quantitative estimate of drug-likeness (QED) is 0.123. The Hall–Kier alpha value is 0.177. The Morgan fingerprint density at radius 3 is 1.36 bits per heavy atom. The lowest BCUT2D eigenvalue weighted by Crippen LogP contribution is -2.41. The van der Waals surface area contributed by atoms with Gasteiger partial charge in [0.15, 0.2) is 0 Å². The van der Waals surface area contributed by atoms with E-state index in [-0.39, 0.29) is 0 Å². The molecule has 0 rings (SSSR count). The fourth-order valence-electron chi connectivity index (χ4n) is 3.81. The topological polar surface area (TPSA) is 0 Å². The summed E-state index contributed by atoms with van der Waals surface area (Å²) in [5.74, 6) is 0. The first-order valence-electron chi connectivity index (χ1n) is 11.9. The van der Waals surface area contributed by atoms with Crippen molar-refractivity contribution in [2.75, 3.05) is 27.2 Å². The van der Waals surface area contributed by atoms with Crippen molar-refractivity contribution in [3.05, 3.63) is 0 Å². The Morgan fingerprint density at radius 2 is 0.920 bits per heavy atom. The molecule has 0 saturated heterocycles. The van der Waals surface area contributed by atoms with Gasteiger partial charge in [-0.3, -0.25) is 0 Å². The van der Waals surface area contributed by atoms with Crippen LogP contribution in [0.1, 0.15) is 110 Å². The molecule has 2 heteroatoms. The van der Waals surface area contributed by atoms with Crippen LogP contribution >= 0.6 is 0 Å². The van der Waals surface area contributed by atoms with Gasteiger partial charge in [-0.1, -0.05) is 103 Å². The molecule has 0 aliphatic rings.